The van der Waals surface area contributed by atoms with Gasteiger partial charge in [0.25, 0.3) is 0 Å². The van der Waals surface area contributed by atoms with Crippen LogP contribution >= 0.6 is 0 Å². The summed E-state index contributed by atoms with van der Waals surface area (Å²) in [5, 5.41) is 8.06. The molecule has 0 aromatic rings. The van der Waals surface area contributed by atoms with Gasteiger partial charge in [0, 0.05) is 7.11 Å². The normalized spacial score (nSPS) is 11.3. The Morgan fingerprint density at radius 1 is 1.27 bits per heavy atom. The molecule has 5 nitrogen and oxygen atoms in total. The molecule has 0 radical (unpaired) electrons. The summed E-state index contributed by atoms with van der Waals surface area (Å²) in [6.07, 6.45) is -0.681. The molecule has 0 rings (SSSR count). The van der Waals surface area contributed by atoms with Crippen molar-refractivity contribution in [1.29, 1.82) is 0 Å². The molecule has 90 valence electrons. The van der Waals surface area contributed by atoms with Gasteiger partial charge in [-0.2, -0.15) is 0 Å². The second-order valence-corrected chi connectivity index (χ2v) is 3.12. The lowest BCUT2D eigenvalue weighted by Gasteiger charge is -2.01. The molecule has 0 saturated heterocycles. The number of rotatable bonds is 4. The number of hydrogen-bond acceptors (Lipinski definition) is 4. The Hall–Kier alpha value is -1.10. The molecule has 0 aromatic heterocycles. The number of carboxylic acids is 1. The van der Waals surface area contributed by atoms with Crippen LogP contribution < -0.4 is 0 Å². The molecular formula is C10H20O5. The monoisotopic (exact) mass is 220 g/mol. The molecular weight excluding hydrogens is 200 g/mol. The van der Waals surface area contributed by atoms with E-state index in [0.717, 1.165) is 0 Å². The summed E-state index contributed by atoms with van der Waals surface area (Å²) in [5.74, 6) is -1.04. The van der Waals surface area contributed by atoms with Gasteiger partial charge in [-0.05, 0) is 13.8 Å². The van der Waals surface area contributed by atoms with Crippen LogP contribution in [0.4, 0.5) is 0 Å². The number of carboxylic acid groups (broad SMARTS) is 1. The minimum absolute atomic E-state index is 0.00921. The Bertz CT molecular complexity index is 188. The molecule has 0 aliphatic heterocycles. The molecule has 5 heteroatoms. The fraction of sp³-hybridized carbons (Fsp3) is 0.800. The van der Waals surface area contributed by atoms with Gasteiger partial charge in [0.15, 0.2) is 6.10 Å². The number of carbonyl (C=O) groups is 2. The van der Waals surface area contributed by atoms with Gasteiger partial charge in [-0.1, -0.05) is 13.8 Å². The van der Waals surface area contributed by atoms with Gasteiger partial charge in [0.1, 0.15) is 0 Å². The van der Waals surface area contributed by atoms with E-state index in [4.69, 9.17) is 5.11 Å². The van der Waals surface area contributed by atoms with Crippen LogP contribution in [0.25, 0.3) is 0 Å². The van der Waals surface area contributed by atoms with E-state index in [-0.39, 0.29) is 11.9 Å². The van der Waals surface area contributed by atoms with E-state index in [0.29, 0.717) is 6.61 Å². The molecule has 0 spiro atoms. The second-order valence-electron chi connectivity index (χ2n) is 3.12. The number of aliphatic carboxylic acids is 1. The lowest BCUT2D eigenvalue weighted by atomic mass is 10.2. The molecule has 15 heavy (non-hydrogen) atoms. The molecule has 0 aromatic carbocycles. The van der Waals surface area contributed by atoms with Crippen molar-refractivity contribution in [2.24, 2.45) is 5.92 Å². The Morgan fingerprint density at radius 3 is 1.80 bits per heavy atom. The first-order valence-corrected chi connectivity index (χ1v) is 4.79. The second kappa shape index (κ2) is 9.45. The summed E-state index contributed by atoms with van der Waals surface area (Å²) in [5.41, 5.74) is 0. The zero-order valence-corrected chi connectivity index (χ0v) is 9.94. The van der Waals surface area contributed by atoms with Crippen molar-refractivity contribution >= 4 is 11.9 Å². The van der Waals surface area contributed by atoms with Crippen LogP contribution in [0.3, 0.4) is 0 Å². The Labute approximate surface area is 90.4 Å². The minimum Gasteiger partial charge on any atom is -0.479 e. The molecule has 0 fully saturated rings. The van der Waals surface area contributed by atoms with Crippen LogP contribution in [0.15, 0.2) is 0 Å². The van der Waals surface area contributed by atoms with Gasteiger partial charge in [-0.3, -0.25) is 4.79 Å². The van der Waals surface area contributed by atoms with Gasteiger partial charge in [0.05, 0.1) is 12.5 Å². The van der Waals surface area contributed by atoms with Gasteiger partial charge in [0.2, 0.25) is 0 Å². The highest BCUT2D eigenvalue weighted by atomic mass is 16.5. The van der Waals surface area contributed by atoms with E-state index in [9.17, 15) is 9.59 Å². The lowest BCUT2D eigenvalue weighted by molar-refractivity contribution is -0.147. The number of hydrogen-bond donors (Lipinski definition) is 1. The van der Waals surface area contributed by atoms with E-state index in [1.54, 1.807) is 6.92 Å². The summed E-state index contributed by atoms with van der Waals surface area (Å²) >= 11 is 0. The smallest absolute Gasteiger partial charge is 0.332 e. The first-order chi connectivity index (χ1) is 6.86. The van der Waals surface area contributed by atoms with Crippen LogP contribution in [0.2, 0.25) is 0 Å². The molecule has 0 aliphatic rings. The molecule has 1 atom stereocenters. The topological polar surface area (TPSA) is 72.8 Å². The van der Waals surface area contributed by atoms with Gasteiger partial charge >= 0.3 is 11.9 Å². The van der Waals surface area contributed by atoms with Crippen LogP contribution in [0.5, 0.6) is 0 Å². The molecule has 0 amide bonds. The molecule has 0 heterocycles. The largest absolute Gasteiger partial charge is 0.479 e. The van der Waals surface area contributed by atoms with Crippen molar-refractivity contribution in [3.8, 4) is 0 Å². The number of ether oxygens (including phenoxy) is 2. The fourth-order valence-corrected chi connectivity index (χ4v) is 0.410. The van der Waals surface area contributed by atoms with E-state index < -0.39 is 12.1 Å². The lowest BCUT2D eigenvalue weighted by Crippen LogP contribution is -2.17. The quantitative estimate of drug-likeness (QED) is 0.723. The van der Waals surface area contributed by atoms with Crippen molar-refractivity contribution in [1.82, 2.24) is 0 Å². The maximum Gasteiger partial charge on any atom is 0.332 e. The van der Waals surface area contributed by atoms with Crippen molar-refractivity contribution in [3.05, 3.63) is 0 Å². The molecule has 0 aliphatic carbocycles. The predicted molar refractivity (Wildman–Crippen MR) is 55.6 cm³/mol. The van der Waals surface area contributed by atoms with Crippen LogP contribution in [0, 0.1) is 5.92 Å². The third-order valence-electron chi connectivity index (χ3n) is 1.46. The third-order valence-corrected chi connectivity index (χ3v) is 1.46. The SMILES string of the molecule is CCOC(=O)C(C)C.COC(C)C(=O)O. The number of methoxy groups -OCH3 is 1. The van der Waals surface area contributed by atoms with E-state index in [1.165, 1.54) is 14.0 Å². The predicted octanol–water partition coefficient (Wildman–Crippen LogP) is 1.31. The Morgan fingerprint density at radius 2 is 1.73 bits per heavy atom. The first kappa shape index (κ1) is 16.3. The van der Waals surface area contributed by atoms with Crippen LogP contribution in [-0.4, -0.2) is 36.9 Å². The zero-order chi connectivity index (χ0) is 12.4. The molecule has 1 N–H and O–H groups in total. The molecule has 1 unspecified atom stereocenters. The average Bonchev–Trinajstić information content (AvgIpc) is 2.17. The third kappa shape index (κ3) is 10.8. The number of carbonyl (C=O) groups excluding carboxylic acids is 1. The Kier molecular flexibility index (Phi) is 10.3. The summed E-state index contributed by atoms with van der Waals surface area (Å²) in [7, 11) is 1.36. The number of esters is 1. The Balaban J connectivity index is 0. The van der Waals surface area contributed by atoms with Crippen LogP contribution in [0.1, 0.15) is 27.7 Å². The maximum absolute atomic E-state index is 10.5. The molecule has 0 saturated carbocycles. The van der Waals surface area contributed by atoms with Crippen molar-refractivity contribution < 1.29 is 24.2 Å². The fourth-order valence-electron chi connectivity index (χ4n) is 0.410. The van der Waals surface area contributed by atoms with Crippen molar-refractivity contribution in [3.63, 3.8) is 0 Å². The van der Waals surface area contributed by atoms with E-state index >= 15 is 0 Å². The maximum atomic E-state index is 10.5. The first-order valence-electron chi connectivity index (χ1n) is 4.79. The van der Waals surface area contributed by atoms with Crippen molar-refractivity contribution in [2.45, 2.75) is 33.8 Å². The average molecular weight is 220 g/mol. The van der Waals surface area contributed by atoms with Gasteiger partial charge in [-0.25, -0.2) is 4.79 Å². The van der Waals surface area contributed by atoms with Crippen molar-refractivity contribution in [2.75, 3.05) is 13.7 Å². The summed E-state index contributed by atoms with van der Waals surface area (Å²) in [6, 6.07) is 0. The summed E-state index contributed by atoms with van der Waals surface area (Å²) in [4.78, 5) is 20.3. The van der Waals surface area contributed by atoms with Gasteiger partial charge < -0.3 is 14.6 Å². The standard InChI is InChI=1S/C6H12O2.C4H8O3/c1-4-8-6(7)5(2)3;1-3(7-2)4(5)6/h5H,4H2,1-3H3;3H,1-2H3,(H,5,6). The summed E-state index contributed by atoms with van der Waals surface area (Å²) in [6.45, 7) is 7.40. The van der Waals surface area contributed by atoms with Gasteiger partial charge in [-0.15, -0.1) is 0 Å². The highest BCUT2D eigenvalue weighted by Crippen LogP contribution is 1.93. The highest BCUT2D eigenvalue weighted by molar-refractivity contribution is 5.71. The molecule has 0 bridgehead atoms. The van der Waals surface area contributed by atoms with E-state index in [1.807, 2.05) is 13.8 Å². The highest BCUT2D eigenvalue weighted by Gasteiger charge is 2.06. The van der Waals surface area contributed by atoms with E-state index in [2.05, 4.69) is 9.47 Å². The summed E-state index contributed by atoms with van der Waals surface area (Å²) < 4.78 is 9.08. The zero-order valence-electron chi connectivity index (χ0n) is 9.94. The van der Waals surface area contributed by atoms with Crippen LogP contribution in [-0.2, 0) is 19.1 Å². The minimum atomic E-state index is -0.928.